The number of rotatable bonds is 4. The van der Waals surface area contributed by atoms with Crippen LogP contribution in [-0.2, 0) is 32.5 Å². The Morgan fingerprint density at radius 1 is 1.00 bits per heavy atom. The van der Waals surface area contributed by atoms with Gasteiger partial charge < -0.3 is 10.2 Å². The van der Waals surface area contributed by atoms with Gasteiger partial charge >= 0.3 is 0 Å². The zero-order valence-electron chi connectivity index (χ0n) is 19.0. The number of aryl methyl sites for hydroxylation is 1. The Kier molecular flexibility index (Phi) is 6.57. The highest BCUT2D eigenvalue weighted by molar-refractivity contribution is 8.01. The van der Waals surface area contributed by atoms with Crippen molar-refractivity contribution in [1.29, 1.82) is 0 Å². The van der Waals surface area contributed by atoms with Crippen LogP contribution in [0.3, 0.4) is 0 Å². The van der Waals surface area contributed by atoms with Crippen LogP contribution in [0.4, 0.5) is 11.4 Å². The molecule has 180 valence electrons. The third kappa shape index (κ3) is 4.68. The van der Waals surface area contributed by atoms with Gasteiger partial charge in [-0.15, -0.1) is 11.8 Å². The third-order valence-electron chi connectivity index (χ3n) is 6.78. The molecule has 0 spiro atoms. The lowest BCUT2D eigenvalue weighted by Gasteiger charge is -2.29. The maximum Gasteiger partial charge on any atom is 0.261 e. The monoisotopic (exact) mass is 499 g/mol. The summed E-state index contributed by atoms with van der Waals surface area (Å²) in [7, 11) is -3.83. The molecule has 2 aliphatic heterocycles. The number of carbonyl (C=O) groups is 2. The van der Waals surface area contributed by atoms with Crippen LogP contribution in [0.25, 0.3) is 0 Å². The van der Waals surface area contributed by atoms with Crippen LogP contribution < -0.4 is 10.0 Å². The van der Waals surface area contributed by atoms with Crippen molar-refractivity contribution < 1.29 is 18.0 Å². The molecule has 3 aliphatic rings. The highest BCUT2D eigenvalue weighted by atomic mass is 32.2. The van der Waals surface area contributed by atoms with E-state index in [0.717, 1.165) is 56.9 Å². The van der Waals surface area contributed by atoms with Crippen molar-refractivity contribution in [2.45, 2.75) is 66.4 Å². The molecule has 1 atom stereocenters. The number of hydrogen-bond acceptors (Lipinski definition) is 5. The van der Waals surface area contributed by atoms with Gasteiger partial charge in [-0.2, -0.15) is 0 Å². The Morgan fingerprint density at radius 2 is 1.76 bits per heavy atom. The molecular formula is C25H29N3O4S2. The molecule has 0 unspecified atom stereocenters. The molecule has 0 saturated carbocycles. The number of amides is 2. The van der Waals surface area contributed by atoms with Gasteiger partial charge in [0.05, 0.1) is 16.3 Å². The molecule has 1 fully saturated rings. The van der Waals surface area contributed by atoms with Crippen molar-refractivity contribution in [2.75, 3.05) is 23.1 Å². The van der Waals surface area contributed by atoms with E-state index in [1.165, 1.54) is 29.5 Å². The predicted molar refractivity (Wildman–Crippen MR) is 134 cm³/mol. The normalized spacial score (nSPS) is 20.5. The van der Waals surface area contributed by atoms with Gasteiger partial charge in [0.2, 0.25) is 11.8 Å². The number of sulfonamides is 1. The summed E-state index contributed by atoms with van der Waals surface area (Å²) >= 11 is 1.20. The fourth-order valence-corrected chi connectivity index (χ4v) is 7.13. The Labute approximate surface area is 204 Å². The van der Waals surface area contributed by atoms with Crippen LogP contribution in [0.1, 0.15) is 49.7 Å². The Bertz CT molecular complexity index is 1220. The number of carbonyl (C=O) groups excluding carboxylic acids is 2. The standard InChI is InChI=1S/C25H29N3O4S2/c29-24-23(25(30)28-14-5-1-2-6-15-28)33-22-13-12-18(16-21(22)26-24)34(31,32)27-20-11-7-9-17-8-3-4-10-19(17)20/h7,9,11-13,16,23,27H,1-6,8,10,14-15H2,(H,26,29)/t23-/m0/s1. The first-order valence-corrected chi connectivity index (χ1v) is 14.3. The molecule has 1 saturated heterocycles. The lowest BCUT2D eigenvalue weighted by molar-refractivity contribution is -0.133. The second-order valence-electron chi connectivity index (χ2n) is 9.14. The molecular weight excluding hydrogens is 470 g/mol. The smallest absolute Gasteiger partial charge is 0.261 e. The fraction of sp³-hybridized carbons (Fsp3) is 0.440. The molecule has 0 aromatic heterocycles. The molecule has 1 aliphatic carbocycles. The van der Waals surface area contributed by atoms with Gasteiger partial charge in [0.25, 0.3) is 10.0 Å². The molecule has 2 amide bonds. The van der Waals surface area contributed by atoms with E-state index in [9.17, 15) is 18.0 Å². The number of thioether (sulfide) groups is 1. The summed E-state index contributed by atoms with van der Waals surface area (Å²) in [5.41, 5.74) is 3.30. The van der Waals surface area contributed by atoms with Gasteiger partial charge in [0, 0.05) is 18.0 Å². The summed E-state index contributed by atoms with van der Waals surface area (Å²) in [6.45, 7) is 1.37. The molecule has 2 aromatic carbocycles. The molecule has 2 aromatic rings. The van der Waals surface area contributed by atoms with E-state index in [2.05, 4.69) is 16.1 Å². The zero-order chi connectivity index (χ0) is 23.7. The summed E-state index contributed by atoms with van der Waals surface area (Å²) in [5, 5.41) is 1.93. The molecule has 2 heterocycles. The lowest BCUT2D eigenvalue weighted by Crippen LogP contribution is -2.45. The van der Waals surface area contributed by atoms with Crippen molar-refractivity contribution in [2.24, 2.45) is 0 Å². The van der Waals surface area contributed by atoms with E-state index in [1.807, 2.05) is 6.07 Å². The minimum atomic E-state index is -3.83. The highest BCUT2D eigenvalue weighted by Crippen LogP contribution is 2.38. The van der Waals surface area contributed by atoms with Gasteiger partial charge in [0.1, 0.15) is 0 Å². The van der Waals surface area contributed by atoms with Gasteiger partial charge in [-0.25, -0.2) is 8.42 Å². The Balaban J connectivity index is 1.35. The van der Waals surface area contributed by atoms with Crippen LogP contribution in [-0.4, -0.2) is 43.5 Å². The largest absolute Gasteiger partial charge is 0.341 e. The van der Waals surface area contributed by atoms with Crippen LogP contribution in [0.15, 0.2) is 46.2 Å². The number of nitrogens with zero attached hydrogens (tertiary/aromatic N) is 1. The molecule has 7 nitrogen and oxygen atoms in total. The average molecular weight is 500 g/mol. The topological polar surface area (TPSA) is 95.6 Å². The molecule has 0 bridgehead atoms. The van der Waals surface area contributed by atoms with E-state index >= 15 is 0 Å². The van der Waals surface area contributed by atoms with Crippen molar-refractivity contribution >= 4 is 45.0 Å². The first-order chi connectivity index (χ1) is 16.4. The first kappa shape index (κ1) is 23.2. The van der Waals surface area contributed by atoms with E-state index < -0.39 is 21.2 Å². The van der Waals surface area contributed by atoms with E-state index in [0.29, 0.717) is 29.4 Å². The minimum absolute atomic E-state index is 0.0813. The maximum absolute atomic E-state index is 13.2. The van der Waals surface area contributed by atoms with Crippen molar-refractivity contribution in [3.63, 3.8) is 0 Å². The van der Waals surface area contributed by atoms with Crippen LogP contribution >= 0.6 is 11.8 Å². The third-order valence-corrected chi connectivity index (χ3v) is 9.41. The quantitative estimate of drug-likeness (QED) is 0.616. The Morgan fingerprint density at radius 3 is 2.56 bits per heavy atom. The second-order valence-corrected chi connectivity index (χ2v) is 12.0. The second kappa shape index (κ2) is 9.62. The van der Waals surface area contributed by atoms with Gasteiger partial charge in [-0.3, -0.25) is 14.3 Å². The van der Waals surface area contributed by atoms with Crippen LogP contribution in [0.2, 0.25) is 0 Å². The molecule has 2 N–H and O–H groups in total. The van der Waals surface area contributed by atoms with Crippen molar-refractivity contribution in [3.05, 3.63) is 47.5 Å². The predicted octanol–water partition coefficient (Wildman–Crippen LogP) is 4.18. The molecule has 0 radical (unpaired) electrons. The molecule has 34 heavy (non-hydrogen) atoms. The van der Waals surface area contributed by atoms with Crippen molar-refractivity contribution in [3.8, 4) is 0 Å². The summed E-state index contributed by atoms with van der Waals surface area (Å²) in [6, 6.07) is 10.4. The number of anilines is 2. The summed E-state index contributed by atoms with van der Waals surface area (Å²) in [6.07, 6.45) is 8.11. The van der Waals surface area contributed by atoms with E-state index in [1.54, 1.807) is 17.0 Å². The van der Waals surface area contributed by atoms with Gasteiger partial charge in [0.15, 0.2) is 5.25 Å². The number of nitrogens with one attached hydrogen (secondary N) is 2. The SMILES string of the molecule is O=C1Nc2cc(S(=O)(=O)Nc3cccc4c3CCCC4)ccc2S[C@@H]1C(=O)N1CCCCCC1. The lowest BCUT2D eigenvalue weighted by atomic mass is 9.91. The summed E-state index contributed by atoms with van der Waals surface area (Å²) in [5.74, 6) is -0.561. The van der Waals surface area contributed by atoms with Gasteiger partial charge in [-0.1, -0.05) is 25.0 Å². The minimum Gasteiger partial charge on any atom is -0.341 e. The summed E-state index contributed by atoms with van der Waals surface area (Å²) in [4.78, 5) is 28.4. The average Bonchev–Trinajstić information content (AvgIpc) is 3.12. The van der Waals surface area contributed by atoms with Crippen LogP contribution in [0.5, 0.6) is 0 Å². The number of fused-ring (bicyclic) bond motifs is 2. The number of likely N-dealkylation sites (tertiary alicyclic amines) is 1. The maximum atomic E-state index is 13.2. The van der Waals surface area contributed by atoms with Crippen molar-refractivity contribution in [1.82, 2.24) is 4.90 Å². The Hall–Kier alpha value is -2.52. The molecule has 5 rings (SSSR count). The fourth-order valence-electron chi connectivity index (χ4n) is 4.96. The zero-order valence-corrected chi connectivity index (χ0v) is 20.6. The van der Waals surface area contributed by atoms with E-state index in [-0.39, 0.29) is 10.8 Å². The van der Waals surface area contributed by atoms with E-state index in [4.69, 9.17) is 0 Å². The summed E-state index contributed by atoms with van der Waals surface area (Å²) < 4.78 is 29.1. The number of benzene rings is 2. The van der Waals surface area contributed by atoms with Gasteiger partial charge in [-0.05, 0) is 73.9 Å². The first-order valence-electron chi connectivity index (χ1n) is 12.0. The van der Waals surface area contributed by atoms with Crippen LogP contribution in [0, 0.1) is 0 Å². The number of hydrogen-bond donors (Lipinski definition) is 2. The molecule has 9 heteroatoms. The highest BCUT2D eigenvalue weighted by Gasteiger charge is 2.36.